The summed E-state index contributed by atoms with van der Waals surface area (Å²) in [5, 5.41) is 14.5. The summed E-state index contributed by atoms with van der Waals surface area (Å²) in [7, 11) is 0. The van der Waals surface area contributed by atoms with E-state index >= 15 is 0 Å². The summed E-state index contributed by atoms with van der Waals surface area (Å²) in [6.07, 6.45) is 4.42. The van der Waals surface area contributed by atoms with E-state index in [0.29, 0.717) is 6.54 Å². The van der Waals surface area contributed by atoms with Gasteiger partial charge in [-0.3, -0.25) is 10.1 Å². The standard InChI is InChI=1S/C13H14N4O2S/c1-20-13-15-9-7-12(16-13)14-8-6-10-2-4-11(5-3-10)17(18)19/h2-5,7,9H,6,8H2,1H3,(H,14,15,16). The fraction of sp³-hybridized carbons (Fsp3) is 0.231. The van der Waals surface area contributed by atoms with Gasteiger partial charge in [0.15, 0.2) is 5.16 Å². The van der Waals surface area contributed by atoms with Gasteiger partial charge in [-0.05, 0) is 24.3 Å². The number of thioether (sulfide) groups is 1. The molecule has 0 fully saturated rings. The SMILES string of the molecule is CSc1nccc(NCCc2ccc([N+](=O)[O-])cc2)n1. The zero-order chi connectivity index (χ0) is 14.4. The fourth-order valence-corrected chi connectivity index (χ4v) is 2.01. The molecule has 2 rings (SSSR count). The summed E-state index contributed by atoms with van der Waals surface area (Å²) in [4.78, 5) is 18.6. The molecule has 0 unspecified atom stereocenters. The highest BCUT2D eigenvalue weighted by Crippen LogP contribution is 2.13. The highest BCUT2D eigenvalue weighted by molar-refractivity contribution is 7.98. The Morgan fingerprint density at radius 1 is 1.30 bits per heavy atom. The van der Waals surface area contributed by atoms with Crippen LogP contribution in [0.25, 0.3) is 0 Å². The summed E-state index contributed by atoms with van der Waals surface area (Å²) < 4.78 is 0. The average molecular weight is 290 g/mol. The molecule has 6 nitrogen and oxygen atoms in total. The molecule has 1 aromatic heterocycles. The molecule has 1 aromatic carbocycles. The third-order valence-electron chi connectivity index (χ3n) is 2.68. The van der Waals surface area contributed by atoms with Crippen molar-refractivity contribution >= 4 is 23.3 Å². The molecule has 0 saturated carbocycles. The molecule has 0 bridgehead atoms. The van der Waals surface area contributed by atoms with Gasteiger partial charge in [0.1, 0.15) is 5.82 Å². The quantitative estimate of drug-likeness (QED) is 0.381. The molecule has 0 aliphatic carbocycles. The molecule has 0 spiro atoms. The number of hydrogen-bond acceptors (Lipinski definition) is 6. The van der Waals surface area contributed by atoms with Crippen LogP contribution < -0.4 is 5.32 Å². The maximum Gasteiger partial charge on any atom is 0.269 e. The number of aromatic nitrogens is 2. The van der Waals surface area contributed by atoms with Gasteiger partial charge in [-0.25, -0.2) is 9.97 Å². The number of nitro groups is 1. The van der Waals surface area contributed by atoms with Crippen molar-refractivity contribution in [3.8, 4) is 0 Å². The second-order valence-electron chi connectivity index (χ2n) is 4.03. The first-order valence-corrected chi connectivity index (χ1v) is 7.26. The lowest BCUT2D eigenvalue weighted by Crippen LogP contribution is -2.06. The maximum atomic E-state index is 10.5. The van der Waals surface area contributed by atoms with Gasteiger partial charge in [-0.2, -0.15) is 0 Å². The van der Waals surface area contributed by atoms with Crippen LogP contribution in [-0.2, 0) is 6.42 Å². The molecular weight excluding hydrogens is 276 g/mol. The second-order valence-corrected chi connectivity index (χ2v) is 4.80. The predicted molar refractivity (Wildman–Crippen MR) is 79.1 cm³/mol. The maximum absolute atomic E-state index is 10.5. The van der Waals surface area contributed by atoms with E-state index in [1.54, 1.807) is 18.3 Å². The van der Waals surface area contributed by atoms with Crippen molar-refractivity contribution in [2.45, 2.75) is 11.6 Å². The van der Waals surface area contributed by atoms with Gasteiger partial charge in [0.25, 0.3) is 5.69 Å². The van der Waals surface area contributed by atoms with Gasteiger partial charge < -0.3 is 5.32 Å². The Morgan fingerprint density at radius 3 is 2.70 bits per heavy atom. The van der Waals surface area contributed by atoms with Crippen molar-refractivity contribution in [2.24, 2.45) is 0 Å². The summed E-state index contributed by atoms with van der Waals surface area (Å²) >= 11 is 1.49. The number of nitrogens with one attached hydrogen (secondary N) is 1. The van der Waals surface area contributed by atoms with Crippen molar-refractivity contribution in [3.05, 3.63) is 52.2 Å². The minimum atomic E-state index is -0.396. The first-order chi connectivity index (χ1) is 9.69. The lowest BCUT2D eigenvalue weighted by atomic mass is 10.1. The van der Waals surface area contributed by atoms with E-state index in [2.05, 4.69) is 15.3 Å². The van der Waals surface area contributed by atoms with Crippen LogP contribution in [0.5, 0.6) is 0 Å². The van der Waals surface area contributed by atoms with Crippen molar-refractivity contribution in [3.63, 3.8) is 0 Å². The highest BCUT2D eigenvalue weighted by atomic mass is 32.2. The molecule has 0 aliphatic rings. The van der Waals surface area contributed by atoms with Crippen molar-refractivity contribution in [2.75, 3.05) is 18.1 Å². The van der Waals surface area contributed by atoms with Gasteiger partial charge in [-0.1, -0.05) is 23.9 Å². The summed E-state index contributed by atoms with van der Waals surface area (Å²) in [6, 6.07) is 8.40. The highest BCUT2D eigenvalue weighted by Gasteiger charge is 2.03. The van der Waals surface area contributed by atoms with Crippen LogP contribution in [0.15, 0.2) is 41.7 Å². The molecule has 104 valence electrons. The molecule has 0 radical (unpaired) electrons. The summed E-state index contributed by atoms with van der Waals surface area (Å²) in [5.41, 5.74) is 1.16. The van der Waals surface area contributed by atoms with Gasteiger partial charge in [0, 0.05) is 24.9 Å². The molecule has 0 saturated heterocycles. The van der Waals surface area contributed by atoms with Crippen molar-refractivity contribution in [1.82, 2.24) is 9.97 Å². The molecule has 7 heteroatoms. The Balaban J connectivity index is 1.87. The van der Waals surface area contributed by atoms with E-state index in [0.717, 1.165) is 23.0 Å². The van der Waals surface area contributed by atoms with E-state index in [1.165, 1.54) is 23.9 Å². The van der Waals surface area contributed by atoms with E-state index < -0.39 is 4.92 Å². The van der Waals surface area contributed by atoms with Crippen LogP contribution in [0.2, 0.25) is 0 Å². The zero-order valence-corrected chi connectivity index (χ0v) is 11.8. The van der Waals surface area contributed by atoms with Crippen molar-refractivity contribution in [1.29, 1.82) is 0 Å². The minimum absolute atomic E-state index is 0.113. The number of rotatable bonds is 6. The molecule has 2 aromatic rings. The Kier molecular flexibility index (Phi) is 4.89. The number of nitrogens with zero attached hydrogens (tertiary/aromatic N) is 3. The second kappa shape index (κ2) is 6.85. The normalized spacial score (nSPS) is 10.2. The van der Waals surface area contributed by atoms with Crippen LogP contribution >= 0.6 is 11.8 Å². The van der Waals surface area contributed by atoms with E-state index in [4.69, 9.17) is 0 Å². The summed E-state index contributed by atoms with van der Waals surface area (Å²) in [5.74, 6) is 0.784. The Hall–Kier alpha value is -2.15. The molecule has 0 aliphatic heterocycles. The third-order valence-corrected chi connectivity index (χ3v) is 3.24. The molecule has 1 heterocycles. The average Bonchev–Trinajstić information content (AvgIpc) is 2.48. The smallest absolute Gasteiger partial charge is 0.269 e. The van der Waals surface area contributed by atoms with Gasteiger partial charge in [0.05, 0.1) is 4.92 Å². The Morgan fingerprint density at radius 2 is 2.05 bits per heavy atom. The van der Waals surface area contributed by atoms with Gasteiger partial charge in [-0.15, -0.1) is 0 Å². The summed E-state index contributed by atoms with van der Waals surface area (Å²) in [6.45, 7) is 0.711. The van der Waals surface area contributed by atoms with Crippen LogP contribution in [0.3, 0.4) is 0 Å². The predicted octanol–water partition coefficient (Wildman–Crippen LogP) is 2.76. The largest absolute Gasteiger partial charge is 0.370 e. The monoisotopic (exact) mass is 290 g/mol. The fourth-order valence-electron chi connectivity index (χ4n) is 1.66. The third kappa shape index (κ3) is 3.92. The first kappa shape index (κ1) is 14.3. The Bertz CT molecular complexity index is 589. The van der Waals surface area contributed by atoms with Crippen LogP contribution in [-0.4, -0.2) is 27.7 Å². The lowest BCUT2D eigenvalue weighted by Gasteiger charge is -2.06. The number of nitro benzene ring substituents is 1. The first-order valence-electron chi connectivity index (χ1n) is 6.03. The van der Waals surface area contributed by atoms with Gasteiger partial charge in [0.2, 0.25) is 0 Å². The van der Waals surface area contributed by atoms with E-state index in [1.807, 2.05) is 12.3 Å². The van der Waals surface area contributed by atoms with E-state index in [-0.39, 0.29) is 5.69 Å². The topological polar surface area (TPSA) is 81.0 Å². The lowest BCUT2D eigenvalue weighted by molar-refractivity contribution is -0.384. The minimum Gasteiger partial charge on any atom is -0.370 e. The number of hydrogen-bond donors (Lipinski definition) is 1. The van der Waals surface area contributed by atoms with Gasteiger partial charge >= 0.3 is 0 Å². The molecule has 0 amide bonds. The molecular formula is C13H14N4O2S. The van der Waals surface area contributed by atoms with Crippen LogP contribution in [0, 0.1) is 10.1 Å². The van der Waals surface area contributed by atoms with Crippen molar-refractivity contribution < 1.29 is 4.92 Å². The number of non-ortho nitro benzene ring substituents is 1. The molecule has 0 atom stereocenters. The number of benzene rings is 1. The van der Waals surface area contributed by atoms with E-state index in [9.17, 15) is 10.1 Å². The molecule has 20 heavy (non-hydrogen) atoms. The van der Waals surface area contributed by atoms with Crippen LogP contribution in [0.1, 0.15) is 5.56 Å². The Labute approximate surface area is 120 Å². The van der Waals surface area contributed by atoms with Crippen LogP contribution in [0.4, 0.5) is 11.5 Å². The zero-order valence-electron chi connectivity index (χ0n) is 10.9. The number of anilines is 1. The molecule has 1 N–H and O–H groups in total.